The molecule has 0 saturated carbocycles. The molecular weight excluding hydrogens is 236 g/mol. The quantitative estimate of drug-likeness (QED) is 0.815. The average molecular weight is 256 g/mol. The van der Waals surface area contributed by atoms with E-state index < -0.39 is 0 Å². The van der Waals surface area contributed by atoms with Gasteiger partial charge in [0.05, 0.1) is 12.0 Å². The fourth-order valence-corrected chi connectivity index (χ4v) is 3.50. The van der Waals surface area contributed by atoms with Crippen LogP contribution in [0.3, 0.4) is 0 Å². The van der Waals surface area contributed by atoms with Crippen LogP contribution in [0.2, 0.25) is 0 Å². The lowest BCUT2D eigenvalue weighted by atomic mass is 9.73. The summed E-state index contributed by atoms with van der Waals surface area (Å²) in [5.74, 6) is 0.167. The van der Waals surface area contributed by atoms with Gasteiger partial charge < -0.3 is 4.74 Å². The van der Waals surface area contributed by atoms with Crippen molar-refractivity contribution in [3.8, 4) is 6.07 Å². The van der Waals surface area contributed by atoms with Crippen LogP contribution in [0.5, 0.6) is 0 Å². The second-order valence-corrected chi connectivity index (χ2v) is 5.81. The van der Waals surface area contributed by atoms with Gasteiger partial charge in [-0.1, -0.05) is 30.3 Å². The molecule has 0 N–H and O–H groups in total. The van der Waals surface area contributed by atoms with Crippen molar-refractivity contribution in [1.29, 1.82) is 5.26 Å². The summed E-state index contributed by atoms with van der Waals surface area (Å²) in [7, 11) is 0. The molecule has 1 spiro atoms. The van der Waals surface area contributed by atoms with E-state index >= 15 is 0 Å². The van der Waals surface area contributed by atoms with E-state index in [1.165, 1.54) is 5.56 Å². The molecule has 0 aromatic heterocycles. The Kier molecular flexibility index (Phi) is 3.54. The van der Waals surface area contributed by atoms with Gasteiger partial charge >= 0.3 is 0 Å². The van der Waals surface area contributed by atoms with Crippen molar-refractivity contribution < 1.29 is 4.74 Å². The predicted octanol–water partition coefficient (Wildman–Crippen LogP) is 2.44. The molecule has 0 unspecified atom stereocenters. The van der Waals surface area contributed by atoms with Crippen LogP contribution in [0.25, 0.3) is 0 Å². The number of ether oxygens (including phenoxy) is 1. The van der Waals surface area contributed by atoms with Crippen LogP contribution in [-0.4, -0.2) is 31.2 Å². The largest absolute Gasteiger partial charge is 0.381 e. The van der Waals surface area contributed by atoms with E-state index in [0.29, 0.717) is 0 Å². The van der Waals surface area contributed by atoms with E-state index in [2.05, 4.69) is 35.2 Å². The topological polar surface area (TPSA) is 36.3 Å². The summed E-state index contributed by atoms with van der Waals surface area (Å²) in [6.07, 6.45) is 2.08. The average Bonchev–Trinajstić information content (AvgIpc) is 2.78. The summed E-state index contributed by atoms with van der Waals surface area (Å²) in [4.78, 5) is 2.44. The third kappa shape index (κ3) is 2.51. The molecule has 2 saturated heterocycles. The van der Waals surface area contributed by atoms with Crippen LogP contribution in [0.15, 0.2) is 30.3 Å². The molecule has 0 aliphatic carbocycles. The first kappa shape index (κ1) is 12.7. The lowest BCUT2D eigenvalue weighted by Gasteiger charge is -2.35. The summed E-state index contributed by atoms with van der Waals surface area (Å²) >= 11 is 0. The van der Waals surface area contributed by atoms with Crippen LogP contribution in [0, 0.1) is 22.7 Å². The standard InChI is InChI=1S/C16H20N2O/c17-10-15-12-18(11-14-4-2-1-3-5-14)13-16(15)6-8-19-9-7-16/h1-5,15H,6-9,11-13H2/t15-/m0/s1. The van der Waals surface area contributed by atoms with Crippen molar-refractivity contribution >= 4 is 0 Å². The zero-order valence-electron chi connectivity index (χ0n) is 11.2. The Hall–Kier alpha value is -1.37. The Morgan fingerprint density at radius 1 is 1.26 bits per heavy atom. The molecule has 1 aromatic rings. The number of benzene rings is 1. The SMILES string of the molecule is N#C[C@H]1CN(Cc2ccccc2)CC12CCOCC2. The summed E-state index contributed by atoms with van der Waals surface area (Å²) in [6.45, 7) is 4.55. The molecule has 0 bridgehead atoms. The molecule has 2 aliphatic heterocycles. The molecule has 0 radical (unpaired) electrons. The molecule has 1 atom stereocenters. The Morgan fingerprint density at radius 3 is 2.68 bits per heavy atom. The van der Waals surface area contributed by atoms with Gasteiger partial charge in [-0.25, -0.2) is 0 Å². The van der Waals surface area contributed by atoms with E-state index in [4.69, 9.17) is 4.74 Å². The maximum atomic E-state index is 9.45. The van der Waals surface area contributed by atoms with Crippen molar-refractivity contribution in [2.45, 2.75) is 19.4 Å². The monoisotopic (exact) mass is 256 g/mol. The molecule has 2 heterocycles. The normalized spacial score (nSPS) is 26.4. The predicted molar refractivity (Wildman–Crippen MR) is 73.3 cm³/mol. The minimum atomic E-state index is 0.167. The minimum absolute atomic E-state index is 0.167. The van der Waals surface area contributed by atoms with Crippen LogP contribution in [-0.2, 0) is 11.3 Å². The first-order valence-corrected chi connectivity index (χ1v) is 7.06. The van der Waals surface area contributed by atoms with E-state index in [-0.39, 0.29) is 11.3 Å². The maximum Gasteiger partial charge on any atom is 0.0675 e. The Balaban J connectivity index is 1.71. The highest BCUT2D eigenvalue weighted by molar-refractivity contribution is 5.16. The van der Waals surface area contributed by atoms with Crippen molar-refractivity contribution in [2.24, 2.45) is 11.3 Å². The second kappa shape index (κ2) is 5.32. The molecule has 2 aliphatic rings. The van der Waals surface area contributed by atoms with Crippen molar-refractivity contribution in [3.63, 3.8) is 0 Å². The van der Waals surface area contributed by atoms with Gasteiger partial charge in [0.25, 0.3) is 0 Å². The summed E-state index contributed by atoms with van der Waals surface area (Å²) < 4.78 is 5.47. The maximum absolute atomic E-state index is 9.45. The highest BCUT2D eigenvalue weighted by atomic mass is 16.5. The molecule has 3 nitrogen and oxygen atoms in total. The highest BCUT2D eigenvalue weighted by Crippen LogP contribution is 2.44. The van der Waals surface area contributed by atoms with Crippen LogP contribution >= 0.6 is 0 Å². The van der Waals surface area contributed by atoms with E-state index in [1.54, 1.807) is 0 Å². The minimum Gasteiger partial charge on any atom is -0.381 e. The Morgan fingerprint density at radius 2 is 2.00 bits per heavy atom. The molecule has 100 valence electrons. The number of rotatable bonds is 2. The highest BCUT2D eigenvalue weighted by Gasteiger charge is 2.47. The molecule has 1 aromatic carbocycles. The molecule has 2 fully saturated rings. The molecule has 3 heteroatoms. The van der Waals surface area contributed by atoms with Crippen molar-refractivity contribution in [1.82, 2.24) is 4.90 Å². The van der Waals surface area contributed by atoms with Crippen LogP contribution in [0.4, 0.5) is 0 Å². The first-order chi connectivity index (χ1) is 9.32. The molecular formula is C16H20N2O. The van der Waals surface area contributed by atoms with E-state index in [9.17, 15) is 5.26 Å². The van der Waals surface area contributed by atoms with Crippen molar-refractivity contribution in [3.05, 3.63) is 35.9 Å². The van der Waals surface area contributed by atoms with Gasteiger partial charge in [0.2, 0.25) is 0 Å². The number of hydrogen-bond donors (Lipinski definition) is 0. The third-order valence-corrected chi connectivity index (χ3v) is 4.61. The van der Waals surface area contributed by atoms with Gasteiger partial charge in [-0.15, -0.1) is 0 Å². The summed E-state index contributed by atoms with van der Waals surface area (Å²) in [5.41, 5.74) is 1.52. The van der Waals surface area contributed by atoms with Gasteiger partial charge in [0.1, 0.15) is 0 Å². The molecule has 19 heavy (non-hydrogen) atoms. The lowest BCUT2D eigenvalue weighted by molar-refractivity contribution is 0.00838. The summed E-state index contributed by atoms with van der Waals surface area (Å²) in [5, 5.41) is 9.45. The van der Waals surface area contributed by atoms with Crippen molar-refractivity contribution in [2.75, 3.05) is 26.3 Å². The van der Waals surface area contributed by atoms with Gasteiger partial charge in [0.15, 0.2) is 0 Å². The Bertz CT molecular complexity index is 459. The summed E-state index contributed by atoms with van der Waals surface area (Å²) in [6, 6.07) is 13.1. The smallest absolute Gasteiger partial charge is 0.0675 e. The number of nitriles is 1. The fraction of sp³-hybridized carbons (Fsp3) is 0.562. The number of nitrogens with zero attached hydrogens (tertiary/aromatic N) is 2. The number of hydrogen-bond acceptors (Lipinski definition) is 3. The van der Waals surface area contributed by atoms with Gasteiger partial charge in [-0.2, -0.15) is 5.26 Å². The molecule has 3 rings (SSSR count). The van der Waals surface area contributed by atoms with Gasteiger partial charge in [-0.3, -0.25) is 4.90 Å². The zero-order chi connectivity index (χ0) is 13.1. The zero-order valence-corrected chi connectivity index (χ0v) is 11.2. The van der Waals surface area contributed by atoms with E-state index in [0.717, 1.165) is 45.7 Å². The lowest BCUT2D eigenvalue weighted by Crippen LogP contribution is -2.36. The second-order valence-electron chi connectivity index (χ2n) is 5.81. The Labute approximate surface area is 114 Å². The van der Waals surface area contributed by atoms with E-state index in [1.807, 2.05) is 6.07 Å². The van der Waals surface area contributed by atoms with Gasteiger partial charge in [-0.05, 0) is 18.4 Å². The van der Waals surface area contributed by atoms with Crippen LogP contribution < -0.4 is 0 Å². The fourth-order valence-electron chi connectivity index (χ4n) is 3.50. The third-order valence-electron chi connectivity index (χ3n) is 4.61. The number of likely N-dealkylation sites (tertiary alicyclic amines) is 1. The van der Waals surface area contributed by atoms with Gasteiger partial charge in [0, 0.05) is 38.3 Å². The first-order valence-electron chi connectivity index (χ1n) is 7.06. The molecule has 0 amide bonds. The van der Waals surface area contributed by atoms with Crippen LogP contribution in [0.1, 0.15) is 18.4 Å².